The van der Waals surface area contributed by atoms with Crippen molar-refractivity contribution >= 4 is 23.4 Å². The molecule has 180 valence electrons. The monoisotopic (exact) mass is 472 g/mol. The molecule has 8 heteroatoms. The van der Waals surface area contributed by atoms with Gasteiger partial charge < -0.3 is 10.4 Å². The lowest BCUT2D eigenvalue weighted by molar-refractivity contribution is -0.138. The van der Waals surface area contributed by atoms with Crippen LogP contribution in [-0.2, 0) is 11.0 Å². The fourth-order valence-electron chi connectivity index (χ4n) is 3.24. The van der Waals surface area contributed by atoms with E-state index in [2.05, 4.69) is 12.2 Å². The molecule has 1 atom stereocenters. The summed E-state index contributed by atoms with van der Waals surface area (Å²) in [7, 11) is 0. The molecular formula is C24H35F3N2O2S. The third-order valence-electron chi connectivity index (χ3n) is 5.29. The Balaban J connectivity index is 2.33. The number of hydrogen-bond donors (Lipinski definition) is 2. The number of carbonyl (C=O) groups is 1. The van der Waals surface area contributed by atoms with Gasteiger partial charge in [-0.2, -0.15) is 30.2 Å². The Morgan fingerprint density at radius 1 is 1.06 bits per heavy atom. The molecule has 0 aliphatic rings. The van der Waals surface area contributed by atoms with Crippen molar-refractivity contribution in [2.75, 3.05) is 16.8 Å². The molecule has 2 N–H and O–H groups in total. The predicted molar refractivity (Wildman–Crippen MR) is 125 cm³/mol. The van der Waals surface area contributed by atoms with E-state index in [4.69, 9.17) is 5.26 Å². The van der Waals surface area contributed by atoms with Crippen LogP contribution >= 0.6 is 11.8 Å². The maximum absolute atomic E-state index is 13.1. The van der Waals surface area contributed by atoms with Crippen molar-refractivity contribution in [1.29, 1.82) is 5.26 Å². The molecule has 0 fully saturated rings. The van der Waals surface area contributed by atoms with Gasteiger partial charge in [0.25, 0.3) is 5.91 Å². The fourth-order valence-corrected chi connectivity index (χ4v) is 4.34. The molecule has 4 nitrogen and oxygen atoms in total. The molecule has 0 aromatic heterocycles. The topological polar surface area (TPSA) is 73.1 Å². The molecule has 1 amide bonds. The number of amides is 1. The standard InChI is InChI=1S/C24H35F3N2O2S/c1-3-4-15-32-16-11-9-7-5-6-8-10-14-23(2,31)22(30)29-20-13-12-19(18-28)21(17-20)24(25,26)27/h12-13,17,31H,3-11,14-16H2,1-2H3,(H,29,30)/t23-/m0/s1. The molecule has 0 spiro atoms. The molecule has 0 bridgehead atoms. The van der Waals surface area contributed by atoms with E-state index >= 15 is 0 Å². The van der Waals surface area contributed by atoms with Gasteiger partial charge in [-0.1, -0.05) is 51.9 Å². The number of benzene rings is 1. The average Bonchev–Trinajstić information content (AvgIpc) is 2.73. The van der Waals surface area contributed by atoms with Crippen LogP contribution in [0, 0.1) is 11.3 Å². The molecule has 0 radical (unpaired) electrons. The summed E-state index contributed by atoms with van der Waals surface area (Å²) in [4.78, 5) is 12.4. The Labute approximate surface area is 194 Å². The highest BCUT2D eigenvalue weighted by Crippen LogP contribution is 2.33. The summed E-state index contributed by atoms with van der Waals surface area (Å²) in [5, 5.41) is 21.6. The number of nitrogens with zero attached hydrogens (tertiary/aromatic N) is 1. The van der Waals surface area contributed by atoms with Crippen molar-refractivity contribution in [3.05, 3.63) is 29.3 Å². The van der Waals surface area contributed by atoms with E-state index in [-0.39, 0.29) is 12.1 Å². The lowest BCUT2D eigenvalue weighted by Crippen LogP contribution is -2.40. The largest absolute Gasteiger partial charge is 0.417 e. The van der Waals surface area contributed by atoms with Crippen molar-refractivity contribution in [2.45, 2.75) is 89.8 Å². The third kappa shape index (κ3) is 10.7. The van der Waals surface area contributed by atoms with E-state index < -0.39 is 28.8 Å². The normalized spacial score (nSPS) is 13.4. The number of nitrogens with one attached hydrogen (secondary N) is 1. The van der Waals surface area contributed by atoms with Gasteiger partial charge in [-0.05, 0) is 55.9 Å². The Morgan fingerprint density at radius 3 is 2.25 bits per heavy atom. The first-order chi connectivity index (χ1) is 15.1. The molecule has 0 unspecified atom stereocenters. The summed E-state index contributed by atoms with van der Waals surface area (Å²) >= 11 is 2.02. The highest BCUT2D eigenvalue weighted by atomic mass is 32.2. The van der Waals surface area contributed by atoms with E-state index in [1.54, 1.807) is 0 Å². The van der Waals surface area contributed by atoms with Gasteiger partial charge in [-0.25, -0.2) is 0 Å². The zero-order chi connectivity index (χ0) is 24.0. The lowest BCUT2D eigenvalue weighted by Gasteiger charge is -2.22. The number of unbranched alkanes of at least 4 members (excludes halogenated alkanes) is 7. The second-order valence-corrected chi connectivity index (χ2v) is 9.51. The number of carbonyl (C=O) groups excluding carboxylic acids is 1. The highest BCUT2D eigenvalue weighted by molar-refractivity contribution is 7.99. The van der Waals surface area contributed by atoms with Crippen LogP contribution < -0.4 is 5.32 Å². The summed E-state index contributed by atoms with van der Waals surface area (Å²) in [6, 6.07) is 4.45. The van der Waals surface area contributed by atoms with Crippen LogP contribution in [-0.4, -0.2) is 28.1 Å². The summed E-state index contributed by atoms with van der Waals surface area (Å²) < 4.78 is 39.2. The smallest absolute Gasteiger partial charge is 0.380 e. The Morgan fingerprint density at radius 2 is 1.66 bits per heavy atom. The van der Waals surface area contributed by atoms with Gasteiger partial charge in [-0.3, -0.25) is 4.79 Å². The van der Waals surface area contributed by atoms with Gasteiger partial charge in [0.2, 0.25) is 0 Å². The van der Waals surface area contributed by atoms with Crippen LogP contribution in [0.4, 0.5) is 18.9 Å². The molecule has 1 aromatic carbocycles. The number of thioether (sulfide) groups is 1. The molecule has 1 rings (SSSR count). The van der Waals surface area contributed by atoms with E-state index in [1.165, 1.54) is 62.7 Å². The van der Waals surface area contributed by atoms with Crippen molar-refractivity contribution in [3.63, 3.8) is 0 Å². The summed E-state index contributed by atoms with van der Waals surface area (Å²) in [5.41, 5.74) is -3.41. The minimum absolute atomic E-state index is 0.102. The van der Waals surface area contributed by atoms with Crippen LogP contribution in [0.1, 0.15) is 89.2 Å². The van der Waals surface area contributed by atoms with Crippen LogP contribution in [0.3, 0.4) is 0 Å². The predicted octanol–water partition coefficient (Wildman–Crippen LogP) is 6.92. The van der Waals surface area contributed by atoms with Gasteiger partial charge in [-0.15, -0.1) is 0 Å². The highest BCUT2D eigenvalue weighted by Gasteiger charge is 2.35. The van der Waals surface area contributed by atoms with Crippen LogP contribution in [0.15, 0.2) is 18.2 Å². The first-order valence-corrected chi connectivity index (χ1v) is 12.5. The maximum atomic E-state index is 13.1. The van der Waals surface area contributed by atoms with Crippen molar-refractivity contribution in [2.24, 2.45) is 0 Å². The van der Waals surface area contributed by atoms with Gasteiger partial charge in [0.1, 0.15) is 5.60 Å². The molecular weight excluding hydrogens is 437 g/mol. The number of alkyl halides is 3. The molecule has 0 aliphatic carbocycles. The molecule has 0 saturated heterocycles. The average molecular weight is 473 g/mol. The Bertz CT molecular complexity index is 746. The first kappa shape index (κ1) is 28.3. The number of rotatable bonds is 15. The Hall–Kier alpha value is -1.72. The molecule has 0 saturated carbocycles. The summed E-state index contributed by atoms with van der Waals surface area (Å²) in [6.45, 7) is 3.57. The second kappa shape index (κ2) is 14.4. The summed E-state index contributed by atoms with van der Waals surface area (Å²) in [6.07, 6.45) is 5.43. The molecule has 0 heterocycles. The number of halogens is 3. The van der Waals surface area contributed by atoms with Gasteiger partial charge in [0, 0.05) is 5.69 Å². The van der Waals surface area contributed by atoms with Gasteiger partial charge in [0.15, 0.2) is 0 Å². The number of hydrogen-bond acceptors (Lipinski definition) is 4. The van der Waals surface area contributed by atoms with E-state index in [0.29, 0.717) is 6.42 Å². The van der Waals surface area contributed by atoms with E-state index in [1.807, 2.05) is 11.8 Å². The Kier molecular flexibility index (Phi) is 12.8. The zero-order valence-electron chi connectivity index (χ0n) is 19.1. The molecule has 1 aromatic rings. The molecule has 0 aliphatic heterocycles. The summed E-state index contributed by atoms with van der Waals surface area (Å²) in [5.74, 6) is 1.72. The number of nitriles is 1. The van der Waals surface area contributed by atoms with Crippen molar-refractivity contribution in [1.82, 2.24) is 0 Å². The van der Waals surface area contributed by atoms with Gasteiger partial charge >= 0.3 is 6.18 Å². The zero-order valence-corrected chi connectivity index (χ0v) is 19.9. The number of aliphatic hydroxyl groups is 1. The minimum Gasteiger partial charge on any atom is -0.380 e. The van der Waals surface area contributed by atoms with Crippen molar-refractivity contribution < 1.29 is 23.1 Å². The lowest BCUT2D eigenvalue weighted by atomic mass is 9.96. The number of anilines is 1. The van der Waals surface area contributed by atoms with Crippen LogP contribution in [0.25, 0.3) is 0 Å². The van der Waals surface area contributed by atoms with E-state index in [9.17, 15) is 23.1 Å². The minimum atomic E-state index is -4.71. The van der Waals surface area contributed by atoms with Crippen LogP contribution in [0.5, 0.6) is 0 Å². The fraction of sp³-hybridized carbons (Fsp3) is 0.667. The third-order valence-corrected chi connectivity index (χ3v) is 6.44. The van der Waals surface area contributed by atoms with Gasteiger partial charge in [0.05, 0.1) is 17.2 Å². The quantitative estimate of drug-likeness (QED) is 0.272. The first-order valence-electron chi connectivity index (χ1n) is 11.3. The molecule has 32 heavy (non-hydrogen) atoms. The van der Waals surface area contributed by atoms with E-state index in [0.717, 1.165) is 31.4 Å². The van der Waals surface area contributed by atoms with Crippen LogP contribution in [0.2, 0.25) is 0 Å². The SMILES string of the molecule is CCCCSCCCCCCCCC[C@](C)(O)C(=O)Nc1ccc(C#N)c(C(F)(F)F)c1. The maximum Gasteiger partial charge on any atom is 0.417 e. The van der Waals surface area contributed by atoms with Crippen molar-refractivity contribution in [3.8, 4) is 6.07 Å². The second-order valence-electron chi connectivity index (χ2n) is 8.29.